The molecule has 112 valence electrons. The molecule has 0 bridgehead atoms. The van der Waals surface area contributed by atoms with Crippen LogP contribution >= 0.6 is 11.8 Å². The summed E-state index contributed by atoms with van der Waals surface area (Å²) in [5.74, 6) is 0.694. The number of aryl methyl sites for hydroxylation is 1. The lowest BCUT2D eigenvalue weighted by molar-refractivity contribution is -0.122. The molecule has 1 aromatic rings. The van der Waals surface area contributed by atoms with Gasteiger partial charge in [-0.05, 0) is 37.1 Å². The molecule has 0 spiro atoms. The minimum absolute atomic E-state index is 0.0294. The van der Waals surface area contributed by atoms with Crippen LogP contribution in [0.1, 0.15) is 37.3 Å². The Balaban J connectivity index is 2.64. The second-order valence-corrected chi connectivity index (χ2v) is 5.90. The number of carbonyl (C=O) groups is 1. The Hall–Kier alpha value is -1.00. The molecule has 1 amide bonds. The van der Waals surface area contributed by atoms with Crippen LogP contribution in [-0.4, -0.2) is 35.7 Å². The minimum Gasteiger partial charge on any atom is -0.396 e. The third-order valence-electron chi connectivity index (χ3n) is 3.47. The van der Waals surface area contributed by atoms with Crippen molar-refractivity contribution in [3.8, 4) is 0 Å². The molecule has 2 unspecified atom stereocenters. The van der Waals surface area contributed by atoms with Crippen LogP contribution < -0.4 is 5.32 Å². The van der Waals surface area contributed by atoms with Gasteiger partial charge >= 0.3 is 0 Å². The molecule has 0 radical (unpaired) electrons. The number of carbonyl (C=O) groups excluding carboxylic acids is 1. The molecule has 0 aliphatic carbocycles. The topological polar surface area (TPSA) is 49.3 Å². The summed E-state index contributed by atoms with van der Waals surface area (Å²) in [5.41, 5.74) is 2.31. The summed E-state index contributed by atoms with van der Waals surface area (Å²) in [5, 5.41) is 12.1. The molecule has 0 saturated carbocycles. The van der Waals surface area contributed by atoms with Crippen LogP contribution in [0.25, 0.3) is 0 Å². The fourth-order valence-electron chi connectivity index (χ4n) is 2.07. The average Bonchev–Trinajstić information content (AvgIpc) is 2.47. The molecule has 2 atom stereocenters. The number of aliphatic hydroxyl groups is 1. The van der Waals surface area contributed by atoms with Crippen LogP contribution in [0.3, 0.4) is 0 Å². The lowest BCUT2D eigenvalue weighted by Crippen LogP contribution is -2.39. The van der Waals surface area contributed by atoms with Crippen molar-refractivity contribution in [2.24, 2.45) is 0 Å². The van der Waals surface area contributed by atoms with Gasteiger partial charge in [0.2, 0.25) is 5.91 Å². The fourth-order valence-corrected chi connectivity index (χ4v) is 2.73. The Kier molecular flexibility index (Phi) is 7.70. The van der Waals surface area contributed by atoms with E-state index in [0.29, 0.717) is 6.42 Å². The van der Waals surface area contributed by atoms with E-state index in [1.165, 1.54) is 5.56 Å². The van der Waals surface area contributed by atoms with Crippen LogP contribution in [-0.2, 0) is 11.2 Å². The standard InChI is InChI=1S/C16H25NO2S/c1-4-13-5-7-14(8-6-13)12(2)16(19)17-15(9-10-18)11-20-3/h5-8,12,15,18H,4,9-11H2,1-3H3,(H,17,19). The van der Waals surface area contributed by atoms with Gasteiger partial charge in [-0.1, -0.05) is 31.2 Å². The zero-order valence-electron chi connectivity index (χ0n) is 12.6. The summed E-state index contributed by atoms with van der Waals surface area (Å²) in [4.78, 5) is 12.3. The zero-order chi connectivity index (χ0) is 15.0. The first-order valence-electron chi connectivity index (χ1n) is 7.11. The molecule has 20 heavy (non-hydrogen) atoms. The average molecular weight is 295 g/mol. The van der Waals surface area contributed by atoms with Crippen LogP contribution in [0, 0.1) is 0 Å². The number of rotatable bonds is 8. The van der Waals surface area contributed by atoms with E-state index in [-0.39, 0.29) is 24.5 Å². The Morgan fingerprint density at radius 1 is 1.35 bits per heavy atom. The van der Waals surface area contributed by atoms with E-state index < -0.39 is 0 Å². The van der Waals surface area contributed by atoms with Gasteiger partial charge < -0.3 is 10.4 Å². The van der Waals surface area contributed by atoms with Gasteiger partial charge in [-0.2, -0.15) is 11.8 Å². The van der Waals surface area contributed by atoms with Crippen molar-refractivity contribution < 1.29 is 9.90 Å². The number of thioether (sulfide) groups is 1. The third-order valence-corrected chi connectivity index (χ3v) is 4.21. The maximum Gasteiger partial charge on any atom is 0.227 e. The number of aliphatic hydroxyl groups excluding tert-OH is 1. The summed E-state index contributed by atoms with van der Waals surface area (Å²) in [7, 11) is 0. The summed E-state index contributed by atoms with van der Waals surface area (Å²) in [6.45, 7) is 4.14. The number of amides is 1. The zero-order valence-corrected chi connectivity index (χ0v) is 13.4. The van der Waals surface area contributed by atoms with Gasteiger partial charge in [-0.3, -0.25) is 4.79 Å². The number of hydrogen-bond donors (Lipinski definition) is 2. The van der Waals surface area contributed by atoms with E-state index in [0.717, 1.165) is 17.7 Å². The highest BCUT2D eigenvalue weighted by molar-refractivity contribution is 7.98. The van der Waals surface area contributed by atoms with E-state index in [1.54, 1.807) is 11.8 Å². The highest BCUT2D eigenvalue weighted by Crippen LogP contribution is 2.17. The summed E-state index contributed by atoms with van der Waals surface area (Å²) in [6, 6.07) is 8.25. The second kappa shape index (κ2) is 9.03. The van der Waals surface area contributed by atoms with Crippen molar-refractivity contribution in [2.75, 3.05) is 18.6 Å². The lowest BCUT2D eigenvalue weighted by Gasteiger charge is -2.20. The quantitative estimate of drug-likeness (QED) is 0.775. The monoisotopic (exact) mass is 295 g/mol. The van der Waals surface area contributed by atoms with Gasteiger partial charge in [0, 0.05) is 18.4 Å². The number of nitrogens with one attached hydrogen (secondary N) is 1. The first-order valence-corrected chi connectivity index (χ1v) is 8.50. The van der Waals surface area contributed by atoms with E-state index in [4.69, 9.17) is 5.11 Å². The Bertz CT molecular complexity index is 399. The largest absolute Gasteiger partial charge is 0.396 e. The normalized spacial score (nSPS) is 13.8. The van der Waals surface area contributed by atoms with Crippen LogP contribution in [0.5, 0.6) is 0 Å². The Morgan fingerprint density at radius 2 is 2.00 bits per heavy atom. The molecular formula is C16H25NO2S. The molecule has 0 heterocycles. The van der Waals surface area contributed by atoms with Crippen molar-refractivity contribution >= 4 is 17.7 Å². The van der Waals surface area contributed by atoms with E-state index in [2.05, 4.69) is 24.4 Å². The van der Waals surface area contributed by atoms with Gasteiger partial charge in [-0.25, -0.2) is 0 Å². The van der Waals surface area contributed by atoms with Gasteiger partial charge in [0.15, 0.2) is 0 Å². The lowest BCUT2D eigenvalue weighted by atomic mass is 9.98. The first-order chi connectivity index (χ1) is 9.62. The molecule has 4 heteroatoms. The molecule has 1 aromatic carbocycles. The SMILES string of the molecule is CCc1ccc(C(C)C(=O)NC(CCO)CSC)cc1. The highest BCUT2D eigenvalue weighted by Gasteiger charge is 2.18. The van der Waals surface area contributed by atoms with Gasteiger partial charge in [0.25, 0.3) is 0 Å². The molecule has 0 aliphatic heterocycles. The second-order valence-electron chi connectivity index (χ2n) is 4.99. The van der Waals surface area contributed by atoms with E-state index in [9.17, 15) is 4.79 Å². The molecule has 2 N–H and O–H groups in total. The Morgan fingerprint density at radius 3 is 2.50 bits per heavy atom. The van der Waals surface area contributed by atoms with E-state index >= 15 is 0 Å². The van der Waals surface area contributed by atoms with Crippen molar-refractivity contribution in [2.45, 2.75) is 38.6 Å². The summed E-state index contributed by atoms with van der Waals surface area (Å²) in [6.07, 6.45) is 3.62. The summed E-state index contributed by atoms with van der Waals surface area (Å²) < 4.78 is 0. The minimum atomic E-state index is -0.163. The van der Waals surface area contributed by atoms with Crippen molar-refractivity contribution in [3.05, 3.63) is 35.4 Å². The van der Waals surface area contributed by atoms with Crippen LogP contribution in [0.15, 0.2) is 24.3 Å². The number of benzene rings is 1. The van der Waals surface area contributed by atoms with Crippen molar-refractivity contribution in [1.82, 2.24) is 5.32 Å². The first kappa shape index (κ1) is 17.1. The van der Waals surface area contributed by atoms with E-state index in [1.807, 2.05) is 25.3 Å². The molecule has 1 rings (SSSR count). The van der Waals surface area contributed by atoms with Gasteiger partial charge in [0.05, 0.1) is 5.92 Å². The smallest absolute Gasteiger partial charge is 0.227 e. The molecular weight excluding hydrogens is 270 g/mol. The van der Waals surface area contributed by atoms with Crippen LogP contribution in [0.2, 0.25) is 0 Å². The summed E-state index contributed by atoms with van der Waals surface area (Å²) >= 11 is 1.68. The molecule has 0 saturated heterocycles. The molecule has 0 fully saturated rings. The van der Waals surface area contributed by atoms with Crippen LogP contribution in [0.4, 0.5) is 0 Å². The third kappa shape index (κ3) is 5.17. The molecule has 3 nitrogen and oxygen atoms in total. The maximum atomic E-state index is 12.3. The Labute approximate surface area is 126 Å². The maximum absolute atomic E-state index is 12.3. The van der Waals surface area contributed by atoms with Gasteiger partial charge in [-0.15, -0.1) is 0 Å². The van der Waals surface area contributed by atoms with Crippen molar-refractivity contribution in [1.29, 1.82) is 0 Å². The fraction of sp³-hybridized carbons (Fsp3) is 0.562. The number of hydrogen-bond acceptors (Lipinski definition) is 3. The molecule has 0 aliphatic rings. The highest BCUT2D eigenvalue weighted by atomic mass is 32.2. The van der Waals surface area contributed by atoms with Gasteiger partial charge in [0.1, 0.15) is 0 Å². The van der Waals surface area contributed by atoms with Crippen molar-refractivity contribution in [3.63, 3.8) is 0 Å². The predicted octanol–water partition coefficient (Wildman–Crippen LogP) is 2.58. The molecule has 0 aromatic heterocycles. The predicted molar refractivity (Wildman–Crippen MR) is 86.3 cm³/mol.